The monoisotopic (exact) mass is 225 g/mol. The molecule has 0 atom stereocenters. The second kappa shape index (κ2) is 6.66. The van der Waals surface area contributed by atoms with Gasteiger partial charge in [-0.2, -0.15) is 5.10 Å². The predicted molar refractivity (Wildman–Crippen MR) is 65.4 cm³/mol. The molecule has 0 aliphatic carbocycles. The van der Waals surface area contributed by atoms with Gasteiger partial charge in [-0.15, -0.1) is 0 Å². The van der Waals surface area contributed by atoms with Crippen LogP contribution in [0.1, 0.15) is 31.5 Å². The lowest BCUT2D eigenvalue weighted by Crippen LogP contribution is -2.17. The van der Waals surface area contributed by atoms with Crippen molar-refractivity contribution in [1.82, 2.24) is 15.1 Å². The van der Waals surface area contributed by atoms with Crippen molar-refractivity contribution in [3.05, 3.63) is 17.5 Å². The number of hydrogen-bond acceptors (Lipinski definition) is 3. The maximum Gasteiger partial charge on any atom is 0.0638 e. The van der Waals surface area contributed by atoms with E-state index in [-0.39, 0.29) is 0 Å². The highest BCUT2D eigenvalue weighted by molar-refractivity contribution is 5.14. The molecule has 0 saturated carbocycles. The number of nitrogens with one attached hydrogen (secondary N) is 1. The number of nitrogens with zero attached hydrogens (tertiary/aromatic N) is 2. The first kappa shape index (κ1) is 13.2. The lowest BCUT2D eigenvalue weighted by Gasteiger charge is -2.07. The van der Waals surface area contributed by atoms with Gasteiger partial charge < -0.3 is 10.1 Å². The maximum absolute atomic E-state index is 5.47. The molecule has 0 radical (unpaired) electrons. The summed E-state index contributed by atoms with van der Waals surface area (Å²) in [7, 11) is 1.95. The number of rotatable bonds is 7. The molecule has 0 bridgehead atoms. The topological polar surface area (TPSA) is 39.1 Å². The molecule has 1 aromatic rings. The molecule has 1 aromatic heterocycles. The molecule has 1 rings (SSSR count). The maximum atomic E-state index is 5.47. The van der Waals surface area contributed by atoms with Crippen molar-refractivity contribution in [1.29, 1.82) is 0 Å². The molecule has 0 amide bonds. The highest BCUT2D eigenvalue weighted by atomic mass is 16.5. The third kappa shape index (κ3) is 4.77. The van der Waals surface area contributed by atoms with Gasteiger partial charge in [0, 0.05) is 32.0 Å². The first-order chi connectivity index (χ1) is 7.59. The molecule has 0 saturated heterocycles. The minimum Gasteiger partial charge on any atom is -0.379 e. The first-order valence-electron chi connectivity index (χ1n) is 5.91. The van der Waals surface area contributed by atoms with Crippen molar-refractivity contribution < 1.29 is 4.74 Å². The summed E-state index contributed by atoms with van der Waals surface area (Å²) in [4.78, 5) is 0. The molecule has 0 unspecified atom stereocenters. The Labute approximate surface area is 98.0 Å². The van der Waals surface area contributed by atoms with Gasteiger partial charge in [-0.25, -0.2) is 0 Å². The van der Waals surface area contributed by atoms with Gasteiger partial charge in [-0.05, 0) is 33.7 Å². The third-order valence-electron chi connectivity index (χ3n) is 2.38. The normalized spacial score (nSPS) is 11.3. The van der Waals surface area contributed by atoms with Crippen LogP contribution < -0.4 is 5.32 Å². The summed E-state index contributed by atoms with van der Waals surface area (Å²) < 4.78 is 7.32. The zero-order chi connectivity index (χ0) is 12.0. The predicted octanol–water partition coefficient (Wildman–Crippen LogP) is 1.63. The Balaban J connectivity index is 2.09. The van der Waals surface area contributed by atoms with Gasteiger partial charge in [0.15, 0.2) is 0 Å². The fourth-order valence-electron chi connectivity index (χ4n) is 1.56. The van der Waals surface area contributed by atoms with E-state index in [2.05, 4.69) is 30.5 Å². The molecular weight excluding hydrogens is 202 g/mol. The SMILES string of the molecule is Cc1nn(C)cc1CNCCCOC(C)C. The van der Waals surface area contributed by atoms with Crippen LogP contribution in [0.25, 0.3) is 0 Å². The molecule has 0 aliphatic heterocycles. The molecule has 0 fully saturated rings. The van der Waals surface area contributed by atoms with Gasteiger partial charge in [-0.3, -0.25) is 4.68 Å². The van der Waals surface area contributed by atoms with E-state index in [1.165, 1.54) is 5.56 Å². The van der Waals surface area contributed by atoms with Crippen LogP contribution in [-0.2, 0) is 18.3 Å². The third-order valence-corrected chi connectivity index (χ3v) is 2.38. The minimum absolute atomic E-state index is 0.334. The molecule has 0 spiro atoms. The highest BCUT2D eigenvalue weighted by Crippen LogP contribution is 2.03. The number of ether oxygens (including phenoxy) is 1. The average Bonchev–Trinajstić information content (AvgIpc) is 2.50. The minimum atomic E-state index is 0.334. The summed E-state index contributed by atoms with van der Waals surface area (Å²) in [6, 6.07) is 0. The highest BCUT2D eigenvalue weighted by Gasteiger charge is 2.01. The summed E-state index contributed by atoms with van der Waals surface area (Å²) in [5.41, 5.74) is 2.38. The van der Waals surface area contributed by atoms with Crippen LogP contribution in [-0.4, -0.2) is 29.0 Å². The van der Waals surface area contributed by atoms with Gasteiger partial charge in [0.05, 0.1) is 11.8 Å². The van der Waals surface area contributed by atoms with E-state index in [9.17, 15) is 0 Å². The summed E-state index contributed by atoms with van der Waals surface area (Å²) in [6.45, 7) is 8.87. The molecule has 92 valence electrons. The molecule has 1 heterocycles. The Bertz CT molecular complexity index is 307. The molecule has 0 aliphatic rings. The largest absolute Gasteiger partial charge is 0.379 e. The van der Waals surface area contributed by atoms with Crippen LogP contribution in [0, 0.1) is 6.92 Å². The Morgan fingerprint density at radius 2 is 2.25 bits per heavy atom. The van der Waals surface area contributed by atoms with Crippen molar-refractivity contribution in [2.75, 3.05) is 13.2 Å². The molecule has 4 nitrogen and oxygen atoms in total. The zero-order valence-electron chi connectivity index (χ0n) is 10.8. The van der Waals surface area contributed by atoms with Crippen LogP contribution in [0.3, 0.4) is 0 Å². The molecule has 4 heteroatoms. The smallest absolute Gasteiger partial charge is 0.0638 e. The first-order valence-corrected chi connectivity index (χ1v) is 5.91. The quantitative estimate of drug-likeness (QED) is 0.717. The van der Waals surface area contributed by atoms with E-state index in [1.54, 1.807) is 0 Å². The Morgan fingerprint density at radius 3 is 2.81 bits per heavy atom. The van der Waals surface area contributed by atoms with Gasteiger partial charge in [0.25, 0.3) is 0 Å². The Hall–Kier alpha value is -0.870. The van der Waals surface area contributed by atoms with Crippen molar-refractivity contribution >= 4 is 0 Å². The van der Waals surface area contributed by atoms with Crippen LogP contribution in [0.15, 0.2) is 6.20 Å². The molecular formula is C12H23N3O. The second-order valence-electron chi connectivity index (χ2n) is 4.36. The average molecular weight is 225 g/mol. The summed E-state index contributed by atoms with van der Waals surface area (Å²) >= 11 is 0. The van der Waals surface area contributed by atoms with Crippen LogP contribution in [0.5, 0.6) is 0 Å². The van der Waals surface area contributed by atoms with Crippen LogP contribution in [0.4, 0.5) is 0 Å². The summed E-state index contributed by atoms with van der Waals surface area (Å²) in [5, 5.41) is 7.70. The van der Waals surface area contributed by atoms with E-state index < -0.39 is 0 Å². The van der Waals surface area contributed by atoms with Crippen molar-refractivity contribution in [3.8, 4) is 0 Å². The fourth-order valence-corrected chi connectivity index (χ4v) is 1.56. The van der Waals surface area contributed by atoms with Crippen molar-refractivity contribution in [2.24, 2.45) is 7.05 Å². The molecule has 0 aromatic carbocycles. The summed E-state index contributed by atoms with van der Waals surface area (Å²) in [6.07, 6.45) is 3.45. The molecule has 1 N–H and O–H groups in total. The van der Waals surface area contributed by atoms with Crippen molar-refractivity contribution in [2.45, 2.75) is 39.8 Å². The lowest BCUT2D eigenvalue weighted by atomic mass is 10.2. The number of aromatic nitrogens is 2. The lowest BCUT2D eigenvalue weighted by molar-refractivity contribution is 0.0770. The van der Waals surface area contributed by atoms with E-state index in [0.29, 0.717) is 6.10 Å². The Morgan fingerprint density at radius 1 is 1.50 bits per heavy atom. The van der Waals surface area contributed by atoms with Gasteiger partial charge in [0.2, 0.25) is 0 Å². The Kier molecular flexibility index (Phi) is 5.49. The number of aryl methyl sites for hydroxylation is 2. The zero-order valence-corrected chi connectivity index (χ0v) is 10.8. The standard InChI is InChI=1S/C12H23N3O/c1-10(2)16-7-5-6-13-8-12-9-15(4)14-11(12)3/h9-10,13H,5-8H2,1-4H3. The van der Waals surface area contributed by atoms with E-state index in [0.717, 1.165) is 31.8 Å². The van der Waals surface area contributed by atoms with Crippen LogP contribution in [0.2, 0.25) is 0 Å². The van der Waals surface area contributed by atoms with Crippen molar-refractivity contribution in [3.63, 3.8) is 0 Å². The van der Waals surface area contributed by atoms with Gasteiger partial charge in [-0.1, -0.05) is 0 Å². The second-order valence-corrected chi connectivity index (χ2v) is 4.36. The number of hydrogen-bond donors (Lipinski definition) is 1. The fraction of sp³-hybridized carbons (Fsp3) is 0.750. The van der Waals surface area contributed by atoms with Gasteiger partial charge in [0.1, 0.15) is 0 Å². The van der Waals surface area contributed by atoms with Gasteiger partial charge >= 0.3 is 0 Å². The van der Waals surface area contributed by atoms with E-state index >= 15 is 0 Å². The summed E-state index contributed by atoms with van der Waals surface area (Å²) in [5.74, 6) is 0. The van der Waals surface area contributed by atoms with E-state index in [4.69, 9.17) is 4.74 Å². The van der Waals surface area contributed by atoms with E-state index in [1.807, 2.05) is 18.7 Å². The molecule has 16 heavy (non-hydrogen) atoms. The van der Waals surface area contributed by atoms with Crippen LogP contribution >= 0.6 is 0 Å².